The van der Waals surface area contributed by atoms with Crippen LogP contribution in [0.4, 0.5) is 4.39 Å². The monoisotopic (exact) mass is 371 g/mol. The largest absolute Gasteiger partial charge is 0.351 e. The first-order chi connectivity index (χ1) is 11.4. The lowest BCUT2D eigenvalue weighted by atomic mass is 9.98. The molecule has 1 fully saturated rings. The molecule has 1 heterocycles. The minimum absolute atomic E-state index is 0. The van der Waals surface area contributed by atoms with Gasteiger partial charge in [0, 0.05) is 12.1 Å². The molecule has 5 nitrogen and oxygen atoms in total. The molecule has 1 aliphatic heterocycles. The Morgan fingerprint density at radius 2 is 1.96 bits per heavy atom. The van der Waals surface area contributed by atoms with Crippen molar-refractivity contribution < 1.29 is 14.0 Å². The van der Waals surface area contributed by atoms with Crippen LogP contribution >= 0.6 is 12.4 Å². The highest BCUT2D eigenvalue weighted by Crippen LogP contribution is 2.12. The Kier molecular flexibility index (Phi) is 8.32. The SMILES string of the molecule is CC1CC(NC(=O)C(NC(=O)c2ccccc2F)C(C)C)CCN1.Cl. The normalized spacial score (nSPS) is 21.2. The highest BCUT2D eigenvalue weighted by Gasteiger charge is 2.28. The second kappa shape index (κ2) is 9.73. The van der Waals surface area contributed by atoms with Crippen LogP contribution in [0.25, 0.3) is 0 Å². The van der Waals surface area contributed by atoms with E-state index in [1.165, 1.54) is 18.2 Å². The average Bonchev–Trinajstić information content (AvgIpc) is 2.52. The molecule has 1 aliphatic rings. The molecule has 0 saturated carbocycles. The Hall–Kier alpha value is -1.66. The Morgan fingerprint density at radius 1 is 1.28 bits per heavy atom. The van der Waals surface area contributed by atoms with Crippen molar-refractivity contribution in [2.24, 2.45) is 5.92 Å². The Bertz CT molecular complexity index is 597. The molecule has 0 aromatic heterocycles. The van der Waals surface area contributed by atoms with Crippen LogP contribution < -0.4 is 16.0 Å². The molecule has 7 heteroatoms. The van der Waals surface area contributed by atoms with Crippen LogP contribution in [-0.2, 0) is 4.79 Å². The van der Waals surface area contributed by atoms with E-state index in [0.717, 1.165) is 19.4 Å². The minimum Gasteiger partial charge on any atom is -0.351 e. The average molecular weight is 372 g/mol. The number of hydrogen-bond acceptors (Lipinski definition) is 3. The van der Waals surface area contributed by atoms with Crippen molar-refractivity contribution in [3.63, 3.8) is 0 Å². The van der Waals surface area contributed by atoms with Gasteiger partial charge in [-0.05, 0) is 44.4 Å². The van der Waals surface area contributed by atoms with Gasteiger partial charge in [-0.2, -0.15) is 0 Å². The summed E-state index contributed by atoms with van der Waals surface area (Å²) in [6.45, 7) is 6.66. The molecule has 1 aromatic rings. The predicted molar refractivity (Wildman–Crippen MR) is 98.4 cm³/mol. The highest BCUT2D eigenvalue weighted by molar-refractivity contribution is 5.97. The van der Waals surface area contributed by atoms with E-state index in [1.807, 2.05) is 13.8 Å². The maximum Gasteiger partial charge on any atom is 0.254 e. The molecule has 1 aromatic carbocycles. The molecule has 3 atom stereocenters. The van der Waals surface area contributed by atoms with Crippen molar-refractivity contribution >= 4 is 24.2 Å². The zero-order chi connectivity index (χ0) is 17.7. The number of hydrogen-bond donors (Lipinski definition) is 3. The van der Waals surface area contributed by atoms with Gasteiger partial charge in [0.25, 0.3) is 5.91 Å². The van der Waals surface area contributed by atoms with Crippen LogP contribution in [-0.4, -0.2) is 36.5 Å². The topological polar surface area (TPSA) is 70.2 Å². The molecule has 2 rings (SSSR count). The fraction of sp³-hybridized carbons (Fsp3) is 0.556. The maximum absolute atomic E-state index is 13.7. The maximum atomic E-state index is 13.7. The van der Waals surface area contributed by atoms with E-state index >= 15 is 0 Å². The summed E-state index contributed by atoms with van der Waals surface area (Å²) in [5.74, 6) is -1.47. The van der Waals surface area contributed by atoms with Crippen LogP contribution in [0.3, 0.4) is 0 Å². The second-order valence-corrected chi connectivity index (χ2v) is 6.76. The molecule has 3 N–H and O–H groups in total. The fourth-order valence-corrected chi connectivity index (χ4v) is 2.95. The summed E-state index contributed by atoms with van der Waals surface area (Å²) in [4.78, 5) is 24.9. The lowest BCUT2D eigenvalue weighted by Gasteiger charge is -2.31. The van der Waals surface area contributed by atoms with Gasteiger partial charge in [-0.1, -0.05) is 26.0 Å². The number of amides is 2. The lowest BCUT2D eigenvalue weighted by Crippen LogP contribution is -2.54. The van der Waals surface area contributed by atoms with E-state index in [9.17, 15) is 14.0 Å². The molecular weight excluding hydrogens is 345 g/mol. The summed E-state index contributed by atoms with van der Waals surface area (Å²) in [6.07, 6.45) is 1.72. The molecule has 25 heavy (non-hydrogen) atoms. The third kappa shape index (κ3) is 5.97. The molecule has 1 saturated heterocycles. The van der Waals surface area contributed by atoms with Crippen molar-refractivity contribution in [1.82, 2.24) is 16.0 Å². The summed E-state index contributed by atoms with van der Waals surface area (Å²) >= 11 is 0. The van der Waals surface area contributed by atoms with E-state index in [2.05, 4.69) is 22.9 Å². The Balaban J connectivity index is 0.00000312. The molecular formula is C18H27ClFN3O2. The summed E-state index contributed by atoms with van der Waals surface area (Å²) < 4.78 is 13.7. The zero-order valence-electron chi connectivity index (χ0n) is 14.8. The quantitative estimate of drug-likeness (QED) is 0.743. The third-order valence-corrected chi connectivity index (χ3v) is 4.32. The molecule has 0 bridgehead atoms. The molecule has 0 radical (unpaired) electrons. The number of halogens is 2. The van der Waals surface area contributed by atoms with Gasteiger partial charge in [0.2, 0.25) is 5.91 Å². The lowest BCUT2D eigenvalue weighted by molar-refractivity contribution is -0.124. The molecule has 2 amide bonds. The Morgan fingerprint density at radius 3 is 2.56 bits per heavy atom. The van der Waals surface area contributed by atoms with Gasteiger partial charge in [0.05, 0.1) is 5.56 Å². The standard InChI is InChI=1S/C18H26FN3O2.ClH/c1-11(2)16(18(24)21-13-8-9-20-12(3)10-13)22-17(23)14-6-4-5-7-15(14)19;/h4-7,11-13,16,20H,8-10H2,1-3H3,(H,21,24)(H,22,23);1H. The van der Waals surface area contributed by atoms with Gasteiger partial charge in [0.15, 0.2) is 0 Å². The fourth-order valence-electron chi connectivity index (χ4n) is 2.95. The van der Waals surface area contributed by atoms with Gasteiger partial charge >= 0.3 is 0 Å². The summed E-state index contributed by atoms with van der Waals surface area (Å²) in [5, 5.41) is 9.02. The summed E-state index contributed by atoms with van der Waals surface area (Å²) in [5.41, 5.74) is -0.0496. The van der Waals surface area contributed by atoms with Crippen LogP contribution in [0.15, 0.2) is 24.3 Å². The number of rotatable bonds is 5. The van der Waals surface area contributed by atoms with Crippen LogP contribution in [0, 0.1) is 11.7 Å². The third-order valence-electron chi connectivity index (χ3n) is 4.32. The van der Waals surface area contributed by atoms with Crippen LogP contribution in [0.5, 0.6) is 0 Å². The predicted octanol–water partition coefficient (Wildman–Crippen LogP) is 2.26. The van der Waals surface area contributed by atoms with Gasteiger partial charge < -0.3 is 16.0 Å². The van der Waals surface area contributed by atoms with Crippen molar-refractivity contribution in [2.75, 3.05) is 6.54 Å². The van der Waals surface area contributed by atoms with E-state index in [1.54, 1.807) is 6.07 Å². The smallest absolute Gasteiger partial charge is 0.254 e. The van der Waals surface area contributed by atoms with Gasteiger partial charge in [-0.3, -0.25) is 9.59 Å². The highest BCUT2D eigenvalue weighted by atomic mass is 35.5. The number of carbonyl (C=O) groups is 2. The van der Waals surface area contributed by atoms with Crippen molar-refractivity contribution in [3.05, 3.63) is 35.6 Å². The van der Waals surface area contributed by atoms with E-state index in [0.29, 0.717) is 6.04 Å². The van der Waals surface area contributed by atoms with E-state index < -0.39 is 17.8 Å². The van der Waals surface area contributed by atoms with Crippen molar-refractivity contribution in [1.29, 1.82) is 0 Å². The van der Waals surface area contributed by atoms with Gasteiger partial charge in [-0.15, -0.1) is 12.4 Å². The van der Waals surface area contributed by atoms with Gasteiger partial charge in [0.1, 0.15) is 11.9 Å². The van der Waals surface area contributed by atoms with Crippen molar-refractivity contribution in [3.8, 4) is 0 Å². The summed E-state index contributed by atoms with van der Waals surface area (Å²) in [6, 6.07) is 5.53. The molecule has 140 valence electrons. The number of carbonyl (C=O) groups excluding carboxylic acids is 2. The number of piperidine rings is 1. The molecule has 0 spiro atoms. The van der Waals surface area contributed by atoms with E-state index in [4.69, 9.17) is 0 Å². The van der Waals surface area contributed by atoms with Crippen LogP contribution in [0.1, 0.15) is 44.0 Å². The van der Waals surface area contributed by atoms with Crippen molar-refractivity contribution in [2.45, 2.75) is 51.7 Å². The first-order valence-corrected chi connectivity index (χ1v) is 8.47. The second-order valence-electron chi connectivity index (χ2n) is 6.76. The zero-order valence-corrected chi connectivity index (χ0v) is 15.7. The first-order valence-electron chi connectivity index (χ1n) is 8.47. The molecule has 0 aliphatic carbocycles. The van der Waals surface area contributed by atoms with Crippen LogP contribution in [0.2, 0.25) is 0 Å². The Labute approximate surface area is 154 Å². The van der Waals surface area contributed by atoms with Gasteiger partial charge in [-0.25, -0.2) is 4.39 Å². The minimum atomic E-state index is -0.692. The first kappa shape index (κ1) is 21.4. The number of benzene rings is 1. The molecule has 3 unspecified atom stereocenters. The number of nitrogens with one attached hydrogen (secondary N) is 3. The summed E-state index contributed by atoms with van der Waals surface area (Å²) in [7, 11) is 0. The van der Waals surface area contributed by atoms with E-state index in [-0.39, 0.29) is 35.8 Å².